The summed E-state index contributed by atoms with van der Waals surface area (Å²) in [5.41, 5.74) is 17.5. The van der Waals surface area contributed by atoms with E-state index < -0.39 is 131 Å². The SMILES string of the molecule is NCOC1CC(n2cc(C#CCNC(=O)COC(N)COc3cccc(C(=O)NCCCCCNC(=O)C(CNC(=O)C4=C/C=C\C=C/C=C4)NC(=O)c4ccc5oc(-c6cc7ccc(NCCCS(=O)(=O)O)cc7oc6=O)nc5c4)c3)c(N)nc2=O)OC1COP(=O)(O)OP(=O)(O)OP(=O)(O)O. The summed E-state index contributed by atoms with van der Waals surface area (Å²) in [4.78, 5) is 138. The van der Waals surface area contributed by atoms with Gasteiger partial charge in [-0.05, 0) is 92.4 Å². The van der Waals surface area contributed by atoms with E-state index in [0.717, 1.165) is 4.57 Å². The average Bonchev–Trinajstić information content (AvgIpc) is 1.73. The molecule has 1 fully saturated rings. The summed E-state index contributed by atoms with van der Waals surface area (Å²) < 4.78 is 113. The number of hydrogen-bond donors (Lipinski definition) is 14. The standard InChI is InChI=1S/C61H71N12O26P3S/c62-36-93-49-30-53(95-50(49)33-94-101(84,85)99-102(86,87)98-100(81,82)83)73-32-41(54(64)72-61(73)80)15-10-23-66-52(74)35-92-51(63)34-91-43-16-9-14-39(26-43)56(76)67-21-7-4-8-22-68-58(78)46(31-69-55(75)37-12-5-2-1-3-6-13-37)70-57(77)40-18-20-47-45(28-40)71-59(96-47)44-27-38-17-19-42(29-48(38)97-60(44)79)65-24-11-25-103(88,89)90/h1-3,5-6,9,12-14,16-20,26-29,32,46,49-51,53,65H,4,7-8,11,21-25,30-31,33-36,62-63H2,(H,66,74)(H,67,76)(H,68,78)(H,69,75)(H,70,77)(H,84,85)(H,86,87)(H2,64,72,80)(H2,81,82,83)(H,88,89,90)/b2-1-,3-1?,5-2?,6-3-,12-5?,13-6?,37-12?,37-13?. The monoisotopic (exact) mass is 1510 g/mol. The lowest BCUT2D eigenvalue weighted by Crippen LogP contribution is -2.52. The number of phosphoric ester groups is 1. The topological polar surface area (TPSA) is 578 Å². The highest BCUT2D eigenvalue weighted by molar-refractivity contribution is 7.85. The van der Waals surface area contributed by atoms with Crippen molar-refractivity contribution in [2.24, 2.45) is 11.5 Å². The number of carbonyl (C=O) groups excluding carboxylic acids is 5. The Balaban J connectivity index is 0.754. The molecule has 0 bridgehead atoms. The molecule has 3 aromatic heterocycles. The minimum absolute atomic E-state index is 0.00282. The number of nitrogens with zero attached hydrogens (tertiary/aromatic N) is 3. The van der Waals surface area contributed by atoms with Gasteiger partial charge in [-0.3, -0.25) is 37.6 Å². The number of anilines is 2. The number of fused-ring (bicyclic) bond motifs is 2. The number of nitrogens with one attached hydrogen (secondary N) is 6. The van der Waals surface area contributed by atoms with Crippen LogP contribution in [0.3, 0.4) is 0 Å². The molecule has 552 valence electrons. The first-order valence-electron chi connectivity index (χ1n) is 30.9. The van der Waals surface area contributed by atoms with Gasteiger partial charge >= 0.3 is 34.8 Å². The Labute approximate surface area is 584 Å². The van der Waals surface area contributed by atoms with Crippen LogP contribution < -0.4 is 65.2 Å². The second-order valence-corrected chi connectivity index (χ2v) is 28.2. The van der Waals surface area contributed by atoms with Gasteiger partial charge in [-0.1, -0.05) is 48.3 Å². The summed E-state index contributed by atoms with van der Waals surface area (Å²) >= 11 is 0. The normalized spacial score (nSPS) is 17.5. The maximum atomic E-state index is 13.9. The van der Waals surface area contributed by atoms with Crippen molar-refractivity contribution in [2.45, 2.75) is 62.8 Å². The van der Waals surface area contributed by atoms with Crippen LogP contribution in [0.25, 0.3) is 33.5 Å². The minimum Gasteiger partial charge on any atom is -0.489 e. The van der Waals surface area contributed by atoms with Crippen molar-refractivity contribution in [3.63, 3.8) is 0 Å². The molecule has 8 rings (SSSR count). The summed E-state index contributed by atoms with van der Waals surface area (Å²) in [6.45, 7) is -1.99. The van der Waals surface area contributed by atoms with Crippen molar-refractivity contribution in [3.05, 3.63) is 159 Å². The van der Waals surface area contributed by atoms with Crippen LogP contribution in [0, 0.1) is 11.8 Å². The van der Waals surface area contributed by atoms with Gasteiger partial charge < -0.3 is 96.5 Å². The minimum atomic E-state index is -5.82. The number of benzene rings is 3. The molecule has 0 saturated carbocycles. The van der Waals surface area contributed by atoms with Gasteiger partial charge in [-0.15, -0.1) is 0 Å². The molecule has 4 heterocycles. The highest BCUT2D eigenvalue weighted by Gasteiger charge is 2.44. The Morgan fingerprint density at radius 3 is 2.32 bits per heavy atom. The van der Waals surface area contributed by atoms with Crippen LogP contribution in [0.5, 0.6) is 5.75 Å². The average molecular weight is 1510 g/mol. The maximum Gasteiger partial charge on any atom is 0.490 e. The molecule has 42 heteroatoms. The number of allylic oxidation sites excluding steroid dienone is 6. The van der Waals surface area contributed by atoms with Gasteiger partial charge in [0.25, 0.3) is 27.8 Å². The third-order valence-electron chi connectivity index (χ3n) is 14.4. The second-order valence-electron chi connectivity index (χ2n) is 22.2. The number of rotatable bonds is 36. The highest BCUT2D eigenvalue weighted by Crippen LogP contribution is 2.66. The van der Waals surface area contributed by atoms with Gasteiger partial charge in [0.2, 0.25) is 17.7 Å². The van der Waals surface area contributed by atoms with Crippen LogP contribution >= 0.6 is 23.5 Å². The molecule has 0 radical (unpaired) electrons. The third kappa shape index (κ3) is 25.2. The number of nitrogen functional groups attached to an aromatic ring is 1. The lowest BCUT2D eigenvalue weighted by Gasteiger charge is -2.21. The molecular weight excluding hydrogens is 1440 g/mol. The molecule has 0 spiro atoms. The fourth-order valence-electron chi connectivity index (χ4n) is 9.62. The Morgan fingerprint density at radius 2 is 1.55 bits per heavy atom. The predicted octanol–water partition coefficient (Wildman–Crippen LogP) is 1.75. The molecule has 1 aliphatic carbocycles. The van der Waals surface area contributed by atoms with E-state index >= 15 is 0 Å². The molecule has 103 heavy (non-hydrogen) atoms. The molecule has 1 saturated heterocycles. The number of carbonyl (C=O) groups is 5. The summed E-state index contributed by atoms with van der Waals surface area (Å²) in [5, 5.41) is 17.1. The van der Waals surface area contributed by atoms with E-state index in [9.17, 15) is 65.5 Å². The number of aromatic nitrogens is 3. The van der Waals surface area contributed by atoms with Crippen molar-refractivity contribution in [1.82, 2.24) is 41.1 Å². The zero-order valence-corrected chi connectivity index (χ0v) is 57.6. The quantitative estimate of drug-likeness (QED) is 0.00665. The number of phosphoric acid groups is 3. The van der Waals surface area contributed by atoms with Crippen molar-refractivity contribution in [3.8, 4) is 29.0 Å². The molecule has 2 aliphatic rings. The van der Waals surface area contributed by atoms with Gasteiger partial charge in [0.15, 0.2) is 5.58 Å². The van der Waals surface area contributed by atoms with Crippen molar-refractivity contribution in [2.75, 3.05) is 76.1 Å². The van der Waals surface area contributed by atoms with Crippen LogP contribution in [0.2, 0.25) is 0 Å². The van der Waals surface area contributed by atoms with Crippen molar-refractivity contribution < 1.29 is 111 Å². The number of ether oxygens (including phenoxy) is 4. The Kier molecular flexibility index (Phi) is 28.2. The molecule has 38 nitrogen and oxygen atoms in total. The van der Waals surface area contributed by atoms with Gasteiger partial charge in [0.05, 0.1) is 37.3 Å². The Hall–Kier alpha value is -9.39. The number of nitrogens with two attached hydrogens (primary N) is 3. The van der Waals surface area contributed by atoms with Crippen molar-refractivity contribution >= 4 is 96.7 Å². The molecule has 1 aliphatic heterocycles. The molecule has 7 atom stereocenters. The van der Waals surface area contributed by atoms with Crippen LogP contribution in [0.15, 0.2) is 139 Å². The van der Waals surface area contributed by atoms with Crippen LogP contribution in [-0.4, -0.2) is 166 Å². The van der Waals surface area contributed by atoms with Gasteiger partial charge in [-0.2, -0.15) is 22.0 Å². The first-order valence-corrected chi connectivity index (χ1v) is 37.1. The van der Waals surface area contributed by atoms with E-state index in [-0.39, 0.29) is 109 Å². The molecule has 3 aromatic carbocycles. The molecule has 17 N–H and O–H groups in total. The number of unbranched alkanes of at least 4 members (excludes halogenated alkanes) is 2. The van der Waals surface area contributed by atoms with Gasteiger partial charge in [0.1, 0.15) is 66.0 Å². The summed E-state index contributed by atoms with van der Waals surface area (Å²) in [7, 11) is -21.1. The number of oxazole rings is 1. The van der Waals surface area contributed by atoms with Crippen LogP contribution in [-0.2, 0) is 65.6 Å². The Morgan fingerprint density at radius 1 is 0.796 bits per heavy atom. The maximum absolute atomic E-state index is 13.9. The third-order valence-corrected chi connectivity index (χ3v) is 19.1. The summed E-state index contributed by atoms with van der Waals surface area (Å²) in [6.07, 6.45) is 9.79. The summed E-state index contributed by atoms with van der Waals surface area (Å²) in [5.74, 6) is 1.87. The van der Waals surface area contributed by atoms with E-state index in [0.29, 0.717) is 35.9 Å². The second kappa shape index (κ2) is 36.7. The lowest BCUT2D eigenvalue weighted by atomic mass is 10.1. The first-order chi connectivity index (χ1) is 48.9. The first kappa shape index (κ1) is 79.3. The van der Waals surface area contributed by atoms with Gasteiger partial charge in [-0.25, -0.2) is 28.3 Å². The predicted molar refractivity (Wildman–Crippen MR) is 365 cm³/mol. The molecule has 7 unspecified atom stereocenters. The van der Waals surface area contributed by atoms with E-state index in [1.807, 2.05) is 0 Å². The number of amides is 5. The fourth-order valence-corrected chi connectivity index (χ4v) is 13.2. The highest BCUT2D eigenvalue weighted by atomic mass is 32.2. The lowest BCUT2D eigenvalue weighted by molar-refractivity contribution is -0.128. The smallest absolute Gasteiger partial charge is 0.489 e. The van der Waals surface area contributed by atoms with E-state index in [1.54, 1.807) is 78.9 Å². The zero-order chi connectivity index (χ0) is 74.5. The number of hydrogen-bond acceptors (Lipinski definition) is 27. The fraction of sp³-hybridized carbons (Fsp3) is 0.328. The molecular formula is C61H71N12O26P3S. The van der Waals surface area contributed by atoms with Crippen molar-refractivity contribution in [1.29, 1.82) is 0 Å². The Bertz CT molecular complexity index is 4700. The van der Waals surface area contributed by atoms with Gasteiger partial charge in [0, 0.05) is 72.6 Å². The van der Waals surface area contributed by atoms with E-state index in [1.165, 1.54) is 36.5 Å². The van der Waals surface area contributed by atoms with Crippen LogP contribution in [0.1, 0.15) is 64.6 Å². The zero-order valence-electron chi connectivity index (χ0n) is 54.1. The molecule has 5 amide bonds. The largest absolute Gasteiger partial charge is 0.490 e. The molecule has 6 aromatic rings. The van der Waals surface area contributed by atoms with Crippen LogP contribution in [0.4, 0.5) is 11.5 Å². The van der Waals surface area contributed by atoms with E-state index in [4.69, 9.17) is 59.3 Å². The summed E-state index contributed by atoms with van der Waals surface area (Å²) in [6, 6.07) is 15.7. The van der Waals surface area contributed by atoms with E-state index in [2.05, 4.69) is 66.9 Å².